The van der Waals surface area contributed by atoms with E-state index in [2.05, 4.69) is 31.2 Å². The summed E-state index contributed by atoms with van der Waals surface area (Å²) >= 11 is 0. The van der Waals surface area contributed by atoms with Crippen molar-refractivity contribution in [2.45, 2.75) is 51.4 Å². The third-order valence-corrected chi connectivity index (χ3v) is 8.27. The number of methoxy groups -OCH3 is 1. The molecule has 6 nitrogen and oxygen atoms in total. The number of amides is 1. The second-order valence-electron chi connectivity index (χ2n) is 10.8. The Morgan fingerprint density at radius 3 is 2.37 bits per heavy atom. The van der Waals surface area contributed by atoms with Gasteiger partial charge in [-0.05, 0) is 41.3 Å². The monoisotopic (exact) mass is 515 g/mol. The molecule has 3 aromatic rings. The van der Waals surface area contributed by atoms with Crippen molar-refractivity contribution < 1.29 is 24.1 Å². The van der Waals surface area contributed by atoms with E-state index < -0.39 is 11.5 Å². The molecule has 3 aromatic carbocycles. The fourth-order valence-corrected chi connectivity index (χ4v) is 5.82. The summed E-state index contributed by atoms with van der Waals surface area (Å²) in [6.45, 7) is 5.24. The zero-order chi connectivity index (χ0) is 26.7. The van der Waals surface area contributed by atoms with Crippen LogP contribution in [0.4, 0.5) is 0 Å². The van der Waals surface area contributed by atoms with Crippen LogP contribution in [-0.2, 0) is 29.0 Å². The van der Waals surface area contributed by atoms with Gasteiger partial charge in [0.1, 0.15) is 12.7 Å². The Hall–Kier alpha value is -3.35. The molecule has 0 spiro atoms. The molecule has 200 valence electrons. The summed E-state index contributed by atoms with van der Waals surface area (Å²) in [5.41, 5.74) is 4.21. The molecule has 0 aromatic heterocycles. The molecule has 3 atom stereocenters. The van der Waals surface area contributed by atoms with Crippen molar-refractivity contribution in [3.63, 3.8) is 0 Å². The smallest absolute Gasteiger partial charge is 0.248 e. The quantitative estimate of drug-likeness (QED) is 0.445. The minimum Gasteiger partial charge on any atom is -0.493 e. The Morgan fingerprint density at radius 2 is 1.71 bits per heavy atom. The molecule has 1 aliphatic heterocycles. The fraction of sp³-hybridized carbons (Fsp3) is 0.406. The number of carbonyl (C=O) groups is 1. The van der Waals surface area contributed by atoms with E-state index in [1.54, 1.807) is 7.11 Å². The van der Waals surface area contributed by atoms with Gasteiger partial charge >= 0.3 is 0 Å². The predicted octanol–water partition coefficient (Wildman–Crippen LogP) is 4.77. The Labute approximate surface area is 225 Å². The number of likely N-dealkylation sites (tertiary alicyclic amines) is 1. The molecule has 1 fully saturated rings. The summed E-state index contributed by atoms with van der Waals surface area (Å²) in [5.74, 6) is 1.26. The van der Waals surface area contributed by atoms with E-state index >= 15 is 0 Å². The molecule has 1 saturated heterocycles. The highest BCUT2D eigenvalue weighted by Gasteiger charge is 2.48. The molecule has 0 saturated carbocycles. The largest absolute Gasteiger partial charge is 0.493 e. The molecule has 5 rings (SSSR count). The number of aliphatic hydroxyl groups is 1. The highest BCUT2D eigenvalue weighted by molar-refractivity contribution is 5.78. The van der Waals surface area contributed by atoms with Gasteiger partial charge in [-0.2, -0.15) is 0 Å². The number of benzene rings is 3. The summed E-state index contributed by atoms with van der Waals surface area (Å²) in [6, 6.07) is 24.3. The minimum atomic E-state index is -0.605. The molecule has 1 aliphatic carbocycles. The van der Waals surface area contributed by atoms with Crippen LogP contribution < -0.4 is 9.47 Å². The number of hydrogen-bond acceptors (Lipinski definition) is 5. The molecule has 0 radical (unpaired) electrons. The number of nitrogens with zero attached hydrogens (tertiary/aromatic N) is 1. The minimum absolute atomic E-state index is 0.0106. The highest BCUT2D eigenvalue weighted by atomic mass is 16.5. The van der Waals surface area contributed by atoms with Gasteiger partial charge in [-0.15, -0.1) is 0 Å². The molecule has 2 aliphatic rings. The Bertz CT molecular complexity index is 1230. The maximum absolute atomic E-state index is 13.1. The lowest BCUT2D eigenvalue weighted by atomic mass is 9.72. The molecule has 1 amide bonds. The summed E-state index contributed by atoms with van der Waals surface area (Å²) < 4.78 is 17.8. The van der Waals surface area contributed by atoms with Crippen molar-refractivity contribution >= 4 is 5.91 Å². The lowest BCUT2D eigenvalue weighted by Crippen LogP contribution is -2.38. The van der Waals surface area contributed by atoms with Crippen LogP contribution in [0.25, 0.3) is 0 Å². The van der Waals surface area contributed by atoms with Crippen LogP contribution >= 0.6 is 0 Å². The number of ether oxygens (including phenoxy) is 3. The zero-order valence-electron chi connectivity index (χ0n) is 22.4. The molecule has 38 heavy (non-hydrogen) atoms. The van der Waals surface area contributed by atoms with Gasteiger partial charge in [0.05, 0.1) is 19.8 Å². The number of fused-ring (bicyclic) bond motifs is 1. The average molecular weight is 516 g/mol. The van der Waals surface area contributed by atoms with E-state index in [1.165, 1.54) is 11.1 Å². The van der Waals surface area contributed by atoms with Crippen LogP contribution in [0.5, 0.6) is 11.5 Å². The van der Waals surface area contributed by atoms with Crippen molar-refractivity contribution in [2.75, 3.05) is 26.8 Å². The SMILES string of the molecule is COc1ccc([C@@H]2CN(C(=O)COCc3ccccc3)C[C@@]2(C)[C@@H](C)O)cc1OC1Cc2ccccc2C1. The van der Waals surface area contributed by atoms with Crippen LogP contribution in [-0.4, -0.2) is 54.9 Å². The number of hydrogen-bond donors (Lipinski definition) is 1. The van der Waals surface area contributed by atoms with E-state index in [9.17, 15) is 9.90 Å². The average Bonchev–Trinajstić information content (AvgIpc) is 3.50. The highest BCUT2D eigenvalue weighted by Crippen LogP contribution is 2.47. The predicted molar refractivity (Wildman–Crippen MR) is 146 cm³/mol. The van der Waals surface area contributed by atoms with Crippen LogP contribution in [0.1, 0.15) is 42.0 Å². The number of carbonyl (C=O) groups excluding carboxylic acids is 1. The van der Waals surface area contributed by atoms with E-state index in [4.69, 9.17) is 14.2 Å². The molecular weight excluding hydrogens is 478 g/mol. The van der Waals surface area contributed by atoms with Gasteiger partial charge in [0.25, 0.3) is 0 Å². The fourth-order valence-electron chi connectivity index (χ4n) is 5.82. The van der Waals surface area contributed by atoms with Crippen LogP contribution in [0.2, 0.25) is 0 Å². The van der Waals surface area contributed by atoms with E-state index in [1.807, 2.05) is 60.4 Å². The first kappa shape index (κ1) is 26.3. The van der Waals surface area contributed by atoms with E-state index in [0.717, 1.165) is 24.0 Å². The molecule has 0 unspecified atom stereocenters. The van der Waals surface area contributed by atoms with Crippen molar-refractivity contribution in [3.8, 4) is 11.5 Å². The molecular formula is C32H37NO5. The van der Waals surface area contributed by atoms with Gasteiger partial charge in [-0.1, -0.05) is 67.6 Å². The zero-order valence-corrected chi connectivity index (χ0v) is 22.4. The van der Waals surface area contributed by atoms with E-state index in [-0.39, 0.29) is 24.5 Å². The van der Waals surface area contributed by atoms with Crippen molar-refractivity contribution in [1.82, 2.24) is 4.90 Å². The number of aliphatic hydroxyl groups excluding tert-OH is 1. The standard InChI is InChI=1S/C32H37NO5/c1-22(34)32(2)21-33(31(35)20-37-19-23-9-5-4-6-10-23)18-28(32)26-13-14-29(36-3)30(17-26)38-27-15-24-11-7-8-12-25(24)16-27/h4-14,17,22,27-28,34H,15-16,18-21H2,1-3H3/t22-,28+,32+/m1/s1. The third kappa shape index (κ3) is 5.42. The maximum Gasteiger partial charge on any atom is 0.248 e. The van der Waals surface area contributed by atoms with Crippen molar-refractivity contribution in [2.24, 2.45) is 5.41 Å². The lowest BCUT2D eigenvalue weighted by Gasteiger charge is -2.34. The Morgan fingerprint density at radius 1 is 1.03 bits per heavy atom. The molecule has 0 bridgehead atoms. The van der Waals surface area contributed by atoms with Crippen molar-refractivity contribution in [1.29, 1.82) is 0 Å². The first-order valence-corrected chi connectivity index (χ1v) is 13.4. The van der Waals surface area contributed by atoms with Crippen LogP contribution in [0, 0.1) is 5.41 Å². The van der Waals surface area contributed by atoms with Gasteiger partial charge in [0.15, 0.2) is 11.5 Å². The van der Waals surface area contributed by atoms with Gasteiger partial charge in [-0.25, -0.2) is 0 Å². The second kappa shape index (κ2) is 11.2. The first-order valence-electron chi connectivity index (χ1n) is 13.4. The summed E-state index contributed by atoms with van der Waals surface area (Å²) in [7, 11) is 1.65. The first-order chi connectivity index (χ1) is 18.4. The lowest BCUT2D eigenvalue weighted by molar-refractivity contribution is -0.136. The van der Waals surface area contributed by atoms with E-state index in [0.29, 0.717) is 31.2 Å². The molecule has 1 N–H and O–H groups in total. The van der Waals surface area contributed by atoms with Crippen molar-refractivity contribution in [3.05, 3.63) is 95.1 Å². The van der Waals surface area contributed by atoms with Crippen LogP contribution in [0.3, 0.4) is 0 Å². The van der Waals surface area contributed by atoms with Crippen LogP contribution in [0.15, 0.2) is 72.8 Å². The topological polar surface area (TPSA) is 68.2 Å². The van der Waals surface area contributed by atoms with Gasteiger partial charge in [0, 0.05) is 37.3 Å². The second-order valence-corrected chi connectivity index (χ2v) is 10.8. The Kier molecular flexibility index (Phi) is 7.73. The van der Waals surface area contributed by atoms with Gasteiger partial charge < -0.3 is 24.2 Å². The third-order valence-electron chi connectivity index (χ3n) is 8.27. The van der Waals surface area contributed by atoms with Gasteiger partial charge in [0.2, 0.25) is 5.91 Å². The summed E-state index contributed by atoms with van der Waals surface area (Å²) in [4.78, 5) is 14.9. The maximum atomic E-state index is 13.1. The Balaban J connectivity index is 1.31. The normalized spacial score (nSPS) is 21.8. The van der Waals surface area contributed by atoms with Gasteiger partial charge in [-0.3, -0.25) is 4.79 Å². The summed E-state index contributed by atoms with van der Waals surface area (Å²) in [5, 5.41) is 10.8. The summed E-state index contributed by atoms with van der Waals surface area (Å²) in [6.07, 6.45) is 1.17. The molecule has 6 heteroatoms. The number of rotatable bonds is 9. The molecule has 1 heterocycles.